The lowest BCUT2D eigenvalue weighted by atomic mass is 10.1. The minimum atomic E-state index is -0.579. The Kier molecular flexibility index (Phi) is 2.52. The van der Waals surface area contributed by atoms with Gasteiger partial charge in [-0.1, -0.05) is 23.4 Å². The van der Waals surface area contributed by atoms with E-state index in [0.29, 0.717) is 11.7 Å². The number of nitrogens with two attached hydrogens (primary N) is 1. The quantitative estimate of drug-likeness (QED) is 0.837. The normalized spacial score (nSPS) is 11.8. The Hall–Kier alpha value is -1.68. The molecular weight excluding hydrogens is 202 g/mol. The summed E-state index contributed by atoms with van der Waals surface area (Å²) in [4.78, 5) is 4.31. The molecule has 1 aromatic heterocycles. The zero-order valence-electron chi connectivity index (χ0n) is 9.69. The Balaban J connectivity index is 2.44. The molecule has 0 saturated carbocycles. The molecule has 0 aliphatic carbocycles. The van der Waals surface area contributed by atoms with Gasteiger partial charge in [0.25, 0.3) is 5.89 Å². The van der Waals surface area contributed by atoms with Crippen LogP contribution in [0.2, 0.25) is 0 Å². The number of rotatable bonds is 2. The Bertz CT molecular complexity index is 497. The summed E-state index contributed by atoms with van der Waals surface area (Å²) in [7, 11) is 0. The molecule has 0 amide bonds. The summed E-state index contributed by atoms with van der Waals surface area (Å²) in [6.45, 7) is 5.70. The van der Waals surface area contributed by atoms with Crippen molar-refractivity contribution in [1.29, 1.82) is 0 Å². The number of nitrogens with zero attached hydrogens (tertiary/aromatic N) is 2. The first-order valence-corrected chi connectivity index (χ1v) is 5.17. The van der Waals surface area contributed by atoms with Crippen molar-refractivity contribution in [3.8, 4) is 11.5 Å². The van der Waals surface area contributed by atoms with E-state index in [1.165, 1.54) is 0 Å². The molecule has 16 heavy (non-hydrogen) atoms. The van der Waals surface area contributed by atoms with E-state index in [2.05, 4.69) is 10.1 Å². The zero-order valence-corrected chi connectivity index (χ0v) is 9.69. The first-order chi connectivity index (χ1) is 7.48. The predicted octanol–water partition coefficient (Wildman–Crippen LogP) is 2.24. The standard InChI is InChI=1S/C12H15N3O/c1-8-6-4-5-7-9(8)10-14-11(15-16-10)12(2,3)13/h4-7H,13H2,1-3H3. The summed E-state index contributed by atoms with van der Waals surface area (Å²) < 4.78 is 5.22. The van der Waals surface area contributed by atoms with Gasteiger partial charge in [0.15, 0.2) is 5.82 Å². The van der Waals surface area contributed by atoms with Gasteiger partial charge in [0.2, 0.25) is 0 Å². The van der Waals surface area contributed by atoms with E-state index in [1.807, 2.05) is 45.0 Å². The van der Waals surface area contributed by atoms with E-state index in [4.69, 9.17) is 10.3 Å². The number of aromatic nitrogens is 2. The molecule has 0 radical (unpaired) electrons. The summed E-state index contributed by atoms with van der Waals surface area (Å²) in [6, 6.07) is 7.88. The molecule has 2 aromatic rings. The van der Waals surface area contributed by atoms with Crippen molar-refractivity contribution >= 4 is 0 Å². The molecule has 1 aromatic carbocycles. The third-order valence-electron chi connectivity index (χ3n) is 2.38. The highest BCUT2D eigenvalue weighted by atomic mass is 16.5. The van der Waals surface area contributed by atoms with E-state index < -0.39 is 5.54 Å². The molecular formula is C12H15N3O. The molecule has 0 aliphatic rings. The molecule has 1 heterocycles. The van der Waals surface area contributed by atoms with Gasteiger partial charge in [0.1, 0.15) is 0 Å². The van der Waals surface area contributed by atoms with Crippen molar-refractivity contribution < 1.29 is 4.52 Å². The number of aryl methyl sites for hydroxylation is 1. The summed E-state index contributed by atoms with van der Waals surface area (Å²) in [6.07, 6.45) is 0. The van der Waals surface area contributed by atoms with Gasteiger partial charge in [-0.2, -0.15) is 4.98 Å². The van der Waals surface area contributed by atoms with Gasteiger partial charge in [-0.05, 0) is 32.4 Å². The highest BCUT2D eigenvalue weighted by molar-refractivity contribution is 5.57. The Morgan fingerprint density at radius 1 is 1.25 bits per heavy atom. The van der Waals surface area contributed by atoms with Gasteiger partial charge in [-0.3, -0.25) is 0 Å². The second kappa shape index (κ2) is 3.72. The fourth-order valence-electron chi connectivity index (χ4n) is 1.41. The Morgan fingerprint density at radius 3 is 2.50 bits per heavy atom. The van der Waals surface area contributed by atoms with E-state index in [0.717, 1.165) is 11.1 Å². The Morgan fingerprint density at radius 2 is 1.94 bits per heavy atom. The van der Waals surface area contributed by atoms with Crippen LogP contribution in [0.3, 0.4) is 0 Å². The van der Waals surface area contributed by atoms with Crippen LogP contribution in [0.15, 0.2) is 28.8 Å². The molecule has 0 atom stereocenters. The summed E-state index contributed by atoms with van der Waals surface area (Å²) in [5, 5.41) is 3.89. The van der Waals surface area contributed by atoms with E-state index in [-0.39, 0.29) is 0 Å². The maximum absolute atomic E-state index is 5.90. The number of benzene rings is 1. The Labute approximate surface area is 94.5 Å². The molecule has 0 saturated heterocycles. The van der Waals surface area contributed by atoms with Crippen molar-refractivity contribution in [3.63, 3.8) is 0 Å². The van der Waals surface area contributed by atoms with Crippen LogP contribution < -0.4 is 5.73 Å². The van der Waals surface area contributed by atoms with Crippen LogP contribution in [0.1, 0.15) is 25.2 Å². The molecule has 4 nitrogen and oxygen atoms in total. The van der Waals surface area contributed by atoms with E-state index >= 15 is 0 Å². The van der Waals surface area contributed by atoms with Crippen LogP contribution >= 0.6 is 0 Å². The third-order valence-corrected chi connectivity index (χ3v) is 2.38. The van der Waals surface area contributed by atoms with E-state index in [9.17, 15) is 0 Å². The summed E-state index contributed by atoms with van der Waals surface area (Å²) in [5.41, 5.74) is 7.38. The molecule has 0 spiro atoms. The molecule has 84 valence electrons. The van der Waals surface area contributed by atoms with E-state index in [1.54, 1.807) is 0 Å². The van der Waals surface area contributed by atoms with Crippen LogP contribution in [0, 0.1) is 6.92 Å². The van der Waals surface area contributed by atoms with Crippen molar-refractivity contribution in [3.05, 3.63) is 35.7 Å². The van der Waals surface area contributed by atoms with Crippen LogP contribution in [0.4, 0.5) is 0 Å². The lowest BCUT2D eigenvalue weighted by Gasteiger charge is -2.11. The molecule has 2 rings (SSSR count). The highest BCUT2D eigenvalue weighted by Crippen LogP contribution is 2.23. The average Bonchev–Trinajstić information content (AvgIpc) is 2.66. The molecule has 2 N–H and O–H groups in total. The number of hydrogen-bond acceptors (Lipinski definition) is 4. The summed E-state index contributed by atoms with van der Waals surface area (Å²) in [5.74, 6) is 1.04. The van der Waals surface area contributed by atoms with Crippen LogP contribution in [0.25, 0.3) is 11.5 Å². The average molecular weight is 217 g/mol. The highest BCUT2D eigenvalue weighted by Gasteiger charge is 2.22. The fourth-order valence-corrected chi connectivity index (χ4v) is 1.41. The zero-order chi connectivity index (χ0) is 11.8. The molecule has 0 fully saturated rings. The third kappa shape index (κ3) is 1.97. The monoisotopic (exact) mass is 217 g/mol. The van der Waals surface area contributed by atoms with Crippen LogP contribution in [-0.4, -0.2) is 10.1 Å². The van der Waals surface area contributed by atoms with Gasteiger partial charge in [-0.15, -0.1) is 0 Å². The smallest absolute Gasteiger partial charge is 0.258 e. The van der Waals surface area contributed by atoms with Crippen LogP contribution in [-0.2, 0) is 5.54 Å². The maximum atomic E-state index is 5.90. The van der Waals surface area contributed by atoms with Crippen molar-refractivity contribution in [2.24, 2.45) is 5.73 Å². The largest absolute Gasteiger partial charge is 0.334 e. The molecule has 0 unspecified atom stereocenters. The number of hydrogen-bond donors (Lipinski definition) is 1. The second-order valence-electron chi connectivity index (χ2n) is 4.46. The van der Waals surface area contributed by atoms with Crippen LogP contribution in [0.5, 0.6) is 0 Å². The van der Waals surface area contributed by atoms with Crippen molar-refractivity contribution in [2.75, 3.05) is 0 Å². The molecule has 4 heteroatoms. The first kappa shape index (κ1) is 10.8. The second-order valence-corrected chi connectivity index (χ2v) is 4.46. The SMILES string of the molecule is Cc1ccccc1-c1nc(C(C)(C)N)no1. The van der Waals surface area contributed by atoms with Gasteiger partial charge < -0.3 is 10.3 Å². The topological polar surface area (TPSA) is 64.9 Å². The maximum Gasteiger partial charge on any atom is 0.258 e. The lowest BCUT2D eigenvalue weighted by molar-refractivity contribution is 0.397. The van der Waals surface area contributed by atoms with Gasteiger partial charge in [0.05, 0.1) is 5.54 Å². The minimum absolute atomic E-state index is 0.519. The van der Waals surface area contributed by atoms with Crippen molar-refractivity contribution in [1.82, 2.24) is 10.1 Å². The van der Waals surface area contributed by atoms with Gasteiger partial charge in [0, 0.05) is 5.56 Å². The molecule has 0 bridgehead atoms. The van der Waals surface area contributed by atoms with Gasteiger partial charge in [-0.25, -0.2) is 0 Å². The minimum Gasteiger partial charge on any atom is -0.334 e. The predicted molar refractivity (Wildman–Crippen MR) is 61.7 cm³/mol. The summed E-state index contributed by atoms with van der Waals surface area (Å²) >= 11 is 0. The van der Waals surface area contributed by atoms with Gasteiger partial charge >= 0.3 is 0 Å². The fraction of sp³-hybridized carbons (Fsp3) is 0.333. The van der Waals surface area contributed by atoms with Crippen molar-refractivity contribution in [2.45, 2.75) is 26.3 Å². The molecule has 0 aliphatic heterocycles. The first-order valence-electron chi connectivity index (χ1n) is 5.17. The lowest BCUT2D eigenvalue weighted by Crippen LogP contribution is -2.30.